The third-order valence-electron chi connectivity index (χ3n) is 3.00. The molecule has 0 aromatic heterocycles. The zero-order valence-electron chi connectivity index (χ0n) is 10.5. The van der Waals surface area contributed by atoms with E-state index in [9.17, 15) is 18.8 Å². The SMILES string of the molecule is COC(=O)C(C)CN1C(=O)C(=O)c2cccc(F)c21. The summed E-state index contributed by atoms with van der Waals surface area (Å²) in [6.45, 7) is 1.45. The molecule has 2 rings (SSSR count). The van der Waals surface area contributed by atoms with E-state index in [4.69, 9.17) is 0 Å². The number of amides is 1. The number of ketones is 1. The van der Waals surface area contributed by atoms with Gasteiger partial charge in [-0.25, -0.2) is 4.39 Å². The van der Waals surface area contributed by atoms with Gasteiger partial charge in [-0.3, -0.25) is 14.4 Å². The Labute approximate surface area is 109 Å². The Morgan fingerprint density at radius 1 is 1.42 bits per heavy atom. The molecule has 100 valence electrons. The largest absolute Gasteiger partial charge is 0.469 e. The molecule has 0 radical (unpaired) electrons. The topological polar surface area (TPSA) is 63.7 Å². The molecule has 1 atom stereocenters. The van der Waals surface area contributed by atoms with Crippen molar-refractivity contribution in [2.45, 2.75) is 6.92 Å². The van der Waals surface area contributed by atoms with Gasteiger partial charge in [0.25, 0.3) is 11.7 Å². The minimum absolute atomic E-state index is 0.0297. The summed E-state index contributed by atoms with van der Waals surface area (Å²) in [5, 5.41) is 0. The van der Waals surface area contributed by atoms with Gasteiger partial charge in [-0.1, -0.05) is 13.0 Å². The summed E-state index contributed by atoms with van der Waals surface area (Å²) in [7, 11) is 1.23. The number of carbonyl (C=O) groups is 3. The predicted octanol–water partition coefficient (Wildman–Crippen LogP) is 1.16. The highest BCUT2D eigenvalue weighted by Gasteiger charge is 2.39. The van der Waals surface area contributed by atoms with E-state index in [1.165, 1.54) is 25.3 Å². The zero-order chi connectivity index (χ0) is 14.2. The molecule has 0 spiro atoms. The fourth-order valence-corrected chi connectivity index (χ4v) is 2.04. The van der Waals surface area contributed by atoms with Gasteiger partial charge in [-0.2, -0.15) is 0 Å². The van der Waals surface area contributed by atoms with Crippen LogP contribution in [0.25, 0.3) is 0 Å². The van der Waals surface area contributed by atoms with Crippen LogP contribution in [-0.2, 0) is 14.3 Å². The molecule has 1 aromatic rings. The molecule has 0 fully saturated rings. The number of ether oxygens (including phenoxy) is 1. The Bertz CT molecular complexity index is 570. The van der Waals surface area contributed by atoms with Crippen LogP contribution in [0.3, 0.4) is 0 Å². The Morgan fingerprint density at radius 3 is 2.74 bits per heavy atom. The standard InChI is InChI=1S/C13H12FNO4/c1-7(13(18)19-2)6-15-10-8(11(16)12(15)17)4-3-5-9(10)14/h3-5,7H,6H2,1-2H3. The van der Waals surface area contributed by atoms with E-state index in [0.717, 1.165) is 4.90 Å². The van der Waals surface area contributed by atoms with Crippen molar-refractivity contribution in [3.8, 4) is 0 Å². The number of nitrogens with zero attached hydrogens (tertiary/aromatic N) is 1. The van der Waals surface area contributed by atoms with Crippen molar-refractivity contribution >= 4 is 23.3 Å². The first-order valence-electron chi connectivity index (χ1n) is 5.70. The quantitative estimate of drug-likeness (QED) is 0.607. The number of para-hydroxylation sites is 1. The lowest BCUT2D eigenvalue weighted by Gasteiger charge is -2.20. The van der Waals surface area contributed by atoms with Gasteiger partial charge < -0.3 is 9.64 Å². The minimum Gasteiger partial charge on any atom is -0.469 e. The number of anilines is 1. The number of fused-ring (bicyclic) bond motifs is 1. The number of hydrogen-bond acceptors (Lipinski definition) is 4. The first-order chi connectivity index (χ1) is 8.97. The molecule has 0 bridgehead atoms. The average molecular weight is 265 g/mol. The summed E-state index contributed by atoms with van der Waals surface area (Å²) in [5.74, 6) is -3.41. The molecule has 0 N–H and O–H groups in total. The van der Waals surface area contributed by atoms with Crippen molar-refractivity contribution in [2.75, 3.05) is 18.6 Å². The van der Waals surface area contributed by atoms with Crippen LogP contribution >= 0.6 is 0 Å². The summed E-state index contributed by atoms with van der Waals surface area (Å²) >= 11 is 0. The van der Waals surface area contributed by atoms with Gasteiger partial charge in [0.05, 0.1) is 24.3 Å². The summed E-state index contributed by atoms with van der Waals surface area (Å²) in [6.07, 6.45) is 0. The van der Waals surface area contributed by atoms with Gasteiger partial charge in [0.1, 0.15) is 5.82 Å². The van der Waals surface area contributed by atoms with Crippen LogP contribution in [-0.4, -0.2) is 31.3 Å². The maximum atomic E-state index is 13.8. The van der Waals surface area contributed by atoms with Crippen molar-refractivity contribution in [3.63, 3.8) is 0 Å². The van der Waals surface area contributed by atoms with Crippen molar-refractivity contribution in [2.24, 2.45) is 5.92 Å². The van der Waals surface area contributed by atoms with E-state index in [1.54, 1.807) is 6.92 Å². The lowest BCUT2D eigenvalue weighted by Crippen LogP contribution is -2.36. The number of Topliss-reactive ketones (excluding diaryl/α,β-unsaturated/α-hetero) is 1. The zero-order valence-corrected chi connectivity index (χ0v) is 10.5. The molecular weight excluding hydrogens is 253 g/mol. The fraction of sp³-hybridized carbons (Fsp3) is 0.308. The van der Waals surface area contributed by atoms with Crippen LogP contribution in [0.2, 0.25) is 0 Å². The van der Waals surface area contributed by atoms with Crippen LogP contribution in [0.5, 0.6) is 0 Å². The molecule has 1 unspecified atom stereocenters. The van der Waals surface area contributed by atoms with Gasteiger partial charge in [-0.05, 0) is 12.1 Å². The number of halogens is 1. The van der Waals surface area contributed by atoms with E-state index in [-0.39, 0.29) is 17.8 Å². The number of rotatable bonds is 3. The molecule has 0 aliphatic carbocycles. The van der Waals surface area contributed by atoms with Crippen LogP contribution in [0.1, 0.15) is 17.3 Å². The number of methoxy groups -OCH3 is 1. The highest BCUT2D eigenvalue weighted by molar-refractivity contribution is 6.52. The van der Waals surface area contributed by atoms with Crippen molar-refractivity contribution in [3.05, 3.63) is 29.6 Å². The van der Waals surface area contributed by atoms with Crippen LogP contribution in [0.15, 0.2) is 18.2 Å². The van der Waals surface area contributed by atoms with Gasteiger partial charge in [-0.15, -0.1) is 0 Å². The highest BCUT2D eigenvalue weighted by Crippen LogP contribution is 2.32. The third kappa shape index (κ3) is 2.09. The number of carbonyl (C=O) groups excluding carboxylic acids is 3. The number of benzene rings is 1. The monoisotopic (exact) mass is 265 g/mol. The summed E-state index contributed by atoms with van der Waals surface area (Å²) in [5.41, 5.74) is -0.0321. The van der Waals surface area contributed by atoms with E-state index >= 15 is 0 Å². The Hall–Kier alpha value is -2.24. The molecule has 5 nitrogen and oxygen atoms in total. The normalized spacial score (nSPS) is 15.4. The second kappa shape index (κ2) is 4.79. The summed E-state index contributed by atoms with van der Waals surface area (Å²) in [6, 6.07) is 3.93. The molecule has 19 heavy (non-hydrogen) atoms. The van der Waals surface area contributed by atoms with E-state index in [2.05, 4.69) is 4.74 Å². The first-order valence-corrected chi connectivity index (χ1v) is 5.70. The van der Waals surface area contributed by atoms with Crippen LogP contribution in [0, 0.1) is 11.7 Å². The van der Waals surface area contributed by atoms with Gasteiger partial charge >= 0.3 is 5.97 Å². The summed E-state index contributed by atoms with van der Waals surface area (Å²) in [4.78, 5) is 35.9. The molecule has 6 heteroatoms. The highest BCUT2D eigenvalue weighted by atomic mass is 19.1. The molecule has 1 heterocycles. The first kappa shape index (κ1) is 13.2. The van der Waals surface area contributed by atoms with Gasteiger partial charge in [0.2, 0.25) is 0 Å². The Kier molecular flexibility index (Phi) is 3.33. The average Bonchev–Trinajstić information content (AvgIpc) is 2.64. The molecule has 1 aliphatic rings. The molecule has 1 aromatic carbocycles. The van der Waals surface area contributed by atoms with Crippen molar-refractivity contribution < 1.29 is 23.5 Å². The molecule has 0 saturated heterocycles. The second-order valence-corrected chi connectivity index (χ2v) is 4.31. The smallest absolute Gasteiger partial charge is 0.310 e. The van der Waals surface area contributed by atoms with E-state index < -0.39 is 29.4 Å². The molecular formula is C13H12FNO4. The fourth-order valence-electron chi connectivity index (χ4n) is 2.04. The lowest BCUT2D eigenvalue weighted by atomic mass is 10.1. The van der Waals surface area contributed by atoms with Crippen molar-refractivity contribution in [1.29, 1.82) is 0 Å². The number of hydrogen-bond donors (Lipinski definition) is 0. The van der Waals surface area contributed by atoms with Gasteiger partial charge in [0.15, 0.2) is 0 Å². The van der Waals surface area contributed by atoms with Crippen molar-refractivity contribution in [1.82, 2.24) is 0 Å². The Balaban J connectivity index is 2.36. The third-order valence-corrected chi connectivity index (χ3v) is 3.00. The molecule has 1 aliphatic heterocycles. The maximum absolute atomic E-state index is 13.8. The molecule has 0 saturated carbocycles. The minimum atomic E-state index is -0.823. The van der Waals surface area contributed by atoms with E-state index in [0.29, 0.717) is 0 Å². The molecule has 1 amide bonds. The maximum Gasteiger partial charge on any atom is 0.310 e. The Morgan fingerprint density at radius 2 is 2.11 bits per heavy atom. The number of esters is 1. The van der Waals surface area contributed by atoms with E-state index in [1.807, 2.05) is 0 Å². The van der Waals surface area contributed by atoms with Gasteiger partial charge in [0, 0.05) is 6.54 Å². The second-order valence-electron chi connectivity index (χ2n) is 4.31. The van der Waals surface area contributed by atoms with Crippen LogP contribution in [0.4, 0.5) is 10.1 Å². The predicted molar refractivity (Wildman–Crippen MR) is 64.3 cm³/mol. The van der Waals surface area contributed by atoms with Crippen LogP contribution < -0.4 is 4.90 Å². The lowest BCUT2D eigenvalue weighted by molar-refractivity contribution is -0.144. The summed E-state index contributed by atoms with van der Waals surface area (Å²) < 4.78 is 18.3.